The molecule has 1 rings (SSSR count). The highest BCUT2D eigenvalue weighted by Crippen LogP contribution is 2.05. The van der Waals surface area contributed by atoms with Gasteiger partial charge < -0.3 is 0 Å². The first kappa shape index (κ1) is 11.9. The van der Waals surface area contributed by atoms with Gasteiger partial charge in [-0.15, -0.1) is 0 Å². The summed E-state index contributed by atoms with van der Waals surface area (Å²) in [6.07, 6.45) is 3.73. The molecule has 0 aliphatic rings. The van der Waals surface area contributed by atoms with E-state index >= 15 is 0 Å². The minimum Gasteiger partial charge on any atom is -0.179 e. The lowest BCUT2D eigenvalue weighted by Crippen LogP contribution is -2.26. The molecular formula is C12H19SSi. The minimum atomic E-state index is -0.298. The highest BCUT2D eigenvalue weighted by Gasteiger charge is 2.05. The van der Waals surface area contributed by atoms with E-state index in [1.807, 2.05) is 0 Å². The van der Waals surface area contributed by atoms with Crippen LogP contribution >= 0.6 is 12.6 Å². The van der Waals surface area contributed by atoms with Crippen LogP contribution in [0.1, 0.15) is 18.4 Å². The van der Waals surface area contributed by atoms with E-state index in [0.29, 0.717) is 0 Å². The third-order valence-electron chi connectivity index (χ3n) is 2.41. The molecule has 0 saturated carbocycles. The summed E-state index contributed by atoms with van der Waals surface area (Å²) in [4.78, 5) is 0. The van der Waals surface area contributed by atoms with Crippen LogP contribution < -0.4 is 5.19 Å². The zero-order valence-electron chi connectivity index (χ0n) is 9.09. The number of aryl methyl sites for hydroxylation is 1. The second-order valence-electron chi connectivity index (χ2n) is 3.84. The van der Waals surface area contributed by atoms with Gasteiger partial charge in [0.25, 0.3) is 0 Å². The molecule has 0 fully saturated rings. The Morgan fingerprint density at radius 1 is 1.14 bits per heavy atom. The summed E-state index contributed by atoms with van der Waals surface area (Å²) in [5, 5.41) is 1.61. The zero-order chi connectivity index (χ0) is 10.4. The van der Waals surface area contributed by atoms with E-state index in [0.717, 1.165) is 5.75 Å². The maximum Gasteiger partial charge on any atom is 0.0795 e. The maximum atomic E-state index is 4.24. The Morgan fingerprint density at radius 2 is 1.86 bits per heavy atom. The van der Waals surface area contributed by atoms with Crippen molar-refractivity contribution in [1.29, 1.82) is 0 Å². The van der Waals surface area contributed by atoms with Crippen molar-refractivity contribution in [3.05, 3.63) is 29.8 Å². The minimum absolute atomic E-state index is 0.298. The van der Waals surface area contributed by atoms with Crippen LogP contribution in [0, 0.1) is 0 Å². The molecular weight excluding hydrogens is 204 g/mol. The predicted octanol–water partition coefficient (Wildman–Crippen LogP) is 2.90. The predicted molar refractivity (Wildman–Crippen MR) is 70.3 cm³/mol. The van der Waals surface area contributed by atoms with Gasteiger partial charge in [-0.25, -0.2) is 0 Å². The van der Waals surface area contributed by atoms with E-state index in [-0.39, 0.29) is 8.80 Å². The molecule has 14 heavy (non-hydrogen) atoms. The average molecular weight is 223 g/mol. The monoisotopic (exact) mass is 223 g/mol. The Balaban J connectivity index is 2.64. The topological polar surface area (TPSA) is 0 Å². The second kappa shape index (κ2) is 6.30. The molecule has 1 aromatic carbocycles. The number of rotatable bonds is 5. The Hall–Kier alpha value is -0.213. The van der Waals surface area contributed by atoms with Gasteiger partial charge in [0.05, 0.1) is 8.80 Å². The van der Waals surface area contributed by atoms with Crippen molar-refractivity contribution in [2.45, 2.75) is 32.4 Å². The first-order valence-corrected chi connectivity index (χ1v) is 8.38. The molecule has 77 valence electrons. The molecule has 0 aliphatic carbocycles. The second-order valence-corrected chi connectivity index (χ2v) is 6.82. The third-order valence-corrected chi connectivity index (χ3v) is 4.29. The van der Waals surface area contributed by atoms with E-state index < -0.39 is 0 Å². The van der Waals surface area contributed by atoms with E-state index in [9.17, 15) is 0 Å². The summed E-state index contributed by atoms with van der Waals surface area (Å²) in [5.41, 5.74) is 1.56. The molecule has 0 unspecified atom stereocenters. The molecule has 0 amide bonds. The van der Waals surface area contributed by atoms with Gasteiger partial charge in [0.1, 0.15) is 0 Å². The maximum absolute atomic E-state index is 4.24. The fourth-order valence-electron chi connectivity index (χ4n) is 1.65. The van der Waals surface area contributed by atoms with Crippen LogP contribution in [0.5, 0.6) is 0 Å². The highest BCUT2D eigenvalue weighted by atomic mass is 32.1. The normalized spacial score (nSPS) is 10.9. The lowest BCUT2D eigenvalue weighted by atomic mass is 10.1. The fourth-order valence-corrected chi connectivity index (χ4v) is 3.16. The van der Waals surface area contributed by atoms with E-state index in [1.165, 1.54) is 19.3 Å². The first-order valence-electron chi connectivity index (χ1n) is 5.25. The Kier molecular flexibility index (Phi) is 5.34. The van der Waals surface area contributed by atoms with Crippen LogP contribution in [0.25, 0.3) is 0 Å². The largest absolute Gasteiger partial charge is 0.179 e. The van der Waals surface area contributed by atoms with Crippen LogP contribution in [0.2, 0.25) is 13.1 Å². The van der Waals surface area contributed by atoms with Gasteiger partial charge in [-0.05, 0) is 30.6 Å². The third kappa shape index (κ3) is 3.50. The molecule has 0 atom stereocenters. The van der Waals surface area contributed by atoms with Crippen LogP contribution in [0.15, 0.2) is 24.3 Å². The molecule has 0 N–H and O–H groups in total. The standard InChI is InChI=1S/C12H19SSi/c1-14(2)12-9-4-3-7-11(12)8-5-6-10-13/h3-4,7,9,13H,5-6,8,10H2,1-2H3. The summed E-state index contributed by atoms with van der Waals surface area (Å²) >= 11 is 4.24. The van der Waals surface area contributed by atoms with Gasteiger partial charge in [0.15, 0.2) is 0 Å². The molecule has 0 spiro atoms. The molecule has 0 bridgehead atoms. The summed E-state index contributed by atoms with van der Waals surface area (Å²) in [6.45, 7) is 4.73. The van der Waals surface area contributed by atoms with Gasteiger partial charge in [-0.2, -0.15) is 12.6 Å². The number of hydrogen-bond acceptors (Lipinski definition) is 1. The molecule has 0 aromatic heterocycles. The van der Waals surface area contributed by atoms with E-state index in [1.54, 1.807) is 10.8 Å². The molecule has 0 saturated heterocycles. The van der Waals surface area contributed by atoms with Gasteiger partial charge in [0, 0.05) is 0 Å². The Bertz CT molecular complexity index is 271. The van der Waals surface area contributed by atoms with Crippen molar-refractivity contribution in [2.75, 3.05) is 5.75 Å². The molecule has 1 aromatic rings. The smallest absolute Gasteiger partial charge is 0.0795 e. The molecule has 2 heteroatoms. The van der Waals surface area contributed by atoms with Crippen molar-refractivity contribution in [3.63, 3.8) is 0 Å². The van der Waals surface area contributed by atoms with Crippen LogP contribution in [-0.2, 0) is 6.42 Å². The van der Waals surface area contributed by atoms with E-state index in [4.69, 9.17) is 0 Å². The van der Waals surface area contributed by atoms with Crippen LogP contribution in [0.3, 0.4) is 0 Å². The summed E-state index contributed by atoms with van der Waals surface area (Å²) < 4.78 is 0. The first-order chi connectivity index (χ1) is 6.75. The number of hydrogen-bond donors (Lipinski definition) is 1. The summed E-state index contributed by atoms with van der Waals surface area (Å²) in [6, 6.07) is 8.90. The van der Waals surface area contributed by atoms with Crippen molar-refractivity contribution >= 4 is 26.6 Å². The van der Waals surface area contributed by atoms with Crippen LogP contribution in [0.4, 0.5) is 0 Å². The van der Waals surface area contributed by atoms with Crippen LogP contribution in [-0.4, -0.2) is 14.5 Å². The van der Waals surface area contributed by atoms with Crippen molar-refractivity contribution in [3.8, 4) is 0 Å². The quantitative estimate of drug-likeness (QED) is 0.443. The Labute approximate surface area is 94.8 Å². The summed E-state index contributed by atoms with van der Waals surface area (Å²) in [7, 11) is -0.298. The molecule has 0 aliphatic heterocycles. The van der Waals surface area contributed by atoms with E-state index in [2.05, 4.69) is 50.0 Å². The average Bonchev–Trinajstić information content (AvgIpc) is 2.19. The van der Waals surface area contributed by atoms with Gasteiger partial charge in [0.2, 0.25) is 0 Å². The Morgan fingerprint density at radius 3 is 2.50 bits per heavy atom. The number of thiol groups is 1. The molecule has 1 radical (unpaired) electrons. The SMILES string of the molecule is C[Si](C)c1ccccc1CCCCS. The number of benzene rings is 1. The van der Waals surface area contributed by atoms with Gasteiger partial charge >= 0.3 is 0 Å². The zero-order valence-corrected chi connectivity index (χ0v) is 11.0. The fraction of sp³-hybridized carbons (Fsp3) is 0.500. The van der Waals surface area contributed by atoms with Gasteiger partial charge in [-0.3, -0.25) is 0 Å². The molecule has 0 heterocycles. The molecule has 0 nitrogen and oxygen atoms in total. The van der Waals surface area contributed by atoms with Crippen molar-refractivity contribution in [1.82, 2.24) is 0 Å². The summed E-state index contributed by atoms with van der Waals surface area (Å²) in [5.74, 6) is 1.01. The van der Waals surface area contributed by atoms with Crippen molar-refractivity contribution in [2.24, 2.45) is 0 Å². The highest BCUT2D eigenvalue weighted by molar-refractivity contribution is 7.80. The van der Waals surface area contributed by atoms with Gasteiger partial charge in [-0.1, -0.05) is 42.5 Å². The van der Waals surface area contributed by atoms with Crippen molar-refractivity contribution < 1.29 is 0 Å². The lowest BCUT2D eigenvalue weighted by Gasteiger charge is -2.10. The lowest BCUT2D eigenvalue weighted by molar-refractivity contribution is 0.806. The number of unbranched alkanes of at least 4 members (excludes halogenated alkanes) is 1.